The maximum atomic E-state index is 13.0. The van der Waals surface area contributed by atoms with E-state index in [2.05, 4.69) is 37.7 Å². The number of tetrazole rings is 1. The Hall–Kier alpha value is -3.75. The van der Waals surface area contributed by atoms with Crippen LogP contribution in [0.25, 0.3) is 0 Å². The number of aromatic nitrogens is 5. The van der Waals surface area contributed by atoms with Gasteiger partial charge in [0.2, 0.25) is 11.9 Å². The molecular formula is C17H15N7O2. The number of benzene rings is 1. The number of nitrogens with zero attached hydrogens (tertiary/aromatic N) is 5. The van der Waals surface area contributed by atoms with Crippen LogP contribution in [0.2, 0.25) is 0 Å². The van der Waals surface area contributed by atoms with Gasteiger partial charge in [0.1, 0.15) is 11.7 Å². The standard InChI is InChI=1S/C17H15N7O2/c1-10-14(16(26)20-12-5-3-7-18-9-12)15(11-4-2-6-13(25)8-11)24-17(19-10)21-22-23-24/h2-9,14-15,25H,1H2,(H,20,26)(H,19,21,23). The summed E-state index contributed by atoms with van der Waals surface area (Å²) in [6, 6.07) is 9.57. The van der Waals surface area contributed by atoms with Gasteiger partial charge in [0, 0.05) is 11.9 Å². The van der Waals surface area contributed by atoms with Crippen molar-refractivity contribution in [1.82, 2.24) is 25.2 Å². The van der Waals surface area contributed by atoms with Crippen molar-refractivity contribution in [2.75, 3.05) is 10.6 Å². The van der Waals surface area contributed by atoms with Crippen molar-refractivity contribution in [1.29, 1.82) is 0 Å². The number of fused-ring (bicyclic) bond motifs is 1. The number of pyridine rings is 1. The number of aromatic hydroxyl groups is 1. The molecule has 0 saturated carbocycles. The molecule has 2 aromatic heterocycles. The van der Waals surface area contributed by atoms with E-state index in [4.69, 9.17) is 0 Å². The van der Waals surface area contributed by atoms with Gasteiger partial charge in [-0.15, -0.1) is 0 Å². The van der Waals surface area contributed by atoms with Crippen LogP contribution in [0.5, 0.6) is 5.75 Å². The van der Waals surface area contributed by atoms with Gasteiger partial charge in [0.15, 0.2) is 0 Å². The molecule has 4 rings (SSSR count). The van der Waals surface area contributed by atoms with Gasteiger partial charge >= 0.3 is 0 Å². The second kappa shape index (κ2) is 6.28. The van der Waals surface area contributed by atoms with E-state index in [0.717, 1.165) is 0 Å². The van der Waals surface area contributed by atoms with Crippen LogP contribution in [0.3, 0.4) is 0 Å². The second-order valence-corrected chi connectivity index (χ2v) is 5.85. The zero-order chi connectivity index (χ0) is 18.1. The average Bonchev–Trinajstić information content (AvgIpc) is 3.09. The number of anilines is 2. The minimum absolute atomic E-state index is 0.0905. The minimum Gasteiger partial charge on any atom is -0.508 e. The van der Waals surface area contributed by atoms with Crippen molar-refractivity contribution in [3.8, 4) is 5.75 Å². The van der Waals surface area contributed by atoms with E-state index < -0.39 is 12.0 Å². The fourth-order valence-corrected chi connectivity index (χ4v) is 3.02. The first kappa shape index (κ1) is 15.8. The second-order valence-electron chi connectivity index (χ2n) is 5.85. The quantitative estimate of drug-likeness (QED) is 0.656. The summed E-state index contributed by atoms with van der Waals surface area (Å²) >= 11 is 0. The monoisotopic (exact) mass is 349 g/mol. The molecule has 130 valence electrons. The Bertz CT molecular complexity index is 970. The lowest BCUT2D eigenvalue weighted by Crippen LogP contribution is -2.39. The van der Waals surface area contributed by atoms with E-state index in [1.807, 2.05) is 0 Å². The van der Waals surface area contributed by atoms with Gasteiger partial charge in [-0.05, 0) is 40.3 Å². The van der Waals surface area contributed by atoms with Crippen molar-refractivity contribution in [3.05, 3.63) is 66.6 Å². The molecule has 9 heteroatoms. The van der Waals surface area contributed by atoms with Gasteiger partial charge in [-0.2, -0.15) is 0 Å². The fourth-order valence-electron chi connectivity index (χ4n) is 3.02. The molecule has 3 heterocycles. The summed E-state index contributed by atoms with van der Waals surface area (Å²) in [6.45, 7) is 3.98. The highest BCUT2D eigenvalue weighted by molar-refractivity contribution is 5.95. The molecular weight excluding hydrogens is 334 g/mol. The first-order valence-electron chi connectivity index (χ1n) is 7.87. The Morgan fingerprint density at radius 1 is 1.31 bits per heavy atom. The minimum atomic E-state index is -0.701. The lowest BCUT2D eigenvalue weighted by Gasteiger charge is -2.33. The molecule has 1 aromatic carbocycles. The first-order chi connectivity index (χ1) is 12.6. The normalized spacial score (nSPS) is 18.7. The highest BCUT2D eigenvalue weighted by Crippen LogP contribution is 2.38. The van der Waals surface area contributed by atoms with E-state index in [1.54, 1.807) is 48.8 Å². The van der Waals surface area contributed by atoms with Crippen molar-refractivity contribution >= 4 is 17.5 Å². The molecule has 0 saturated heterocycles. The van der Waals surface area contributed by atoms with Crippen molar-refractivity contribution in [2.45, 2.75) is 6.04 Å². The predicted octanol–water partition coefficient (Wildman–Crippen LogP) is 1.56. The Balaban J connectivity index is 1.75. The molecule has 0 fully saturated rings. The van der Waals surface area contributed by atoms with Crippen molar-refractivity contribution in [3.63, 3.8) is 0 Å². The number of phenols is 1. The maximum absolute atomic E-state index is 13.0. The summed E-state index contributed by atoms with van der Waals surface area (Å²) in [5.41, 5.74) is 1.72. The van der Waals surface area contributed by atoms with E-state index in [1.165, 1.54) is 4.68 Å². The summed E-state index contributed by atoms with van der Waals surface area (Å²) < 4.78 is 1.51. The molecule has 0 radical (unpaired) electrons. The third kappa shape index (κ3) is 2.75. The summed E-state index contributed by atoms with van der Waals surface area (Å²) in [7, 11) is 0. The predicted molar refractivity (Wildman–Crippen MR) is 93.2 cm³/mol. The molecule has 2 atom stereocenters. The Kier molecular flexibility index (Phi) is 3.81. The van der Waals surface area contributed by atoms with Crippen LogP contribution in [0.4, 0.5) is 11.6 Å². The zero-order valence-electron chi connectivity index (χ0n) is 13.6. The van der Waals surface area contributed by atoms with E-state index >= 15 is 0 Å². The van der Waals surface area contributed by atoms with Gasteiger partial charge in [-0.1, -0.05) is 23.8 Å². The van der Waals surface area contributed by atoms with Crippen LogP contribution in [0, 0.1) is 5.92 Å². The average molecular weight is 349 g/mol. The number of amides is 1. The SMILES string of the molecule is C=C1Nc2nnnn2C(c2cccc(O)c2)C1C(=O)Nc1cccnc1. The number of nitrogens with one attached hydrogen (secondary N) is 2. The lowest BCUT2D eigenvalue weighted by molar-refractivity contribution is -0.119. The molecule has 1 amide bonds. The Labute approximate surface area is 148 Å². The number of carbonyl (C=O) groups is 1. The summed E-state index contributed by atoms with van der Waals surface area (Å²) in [4.78, 5) is 17.0. The molecule has 3 N–H and O–H groups in total. The largest absolute Gasteiger partial charge is 0.508 e. The Morgan fingerprint density at radius 3 is 2.96 bits per heavy atom. The third-order valence-corrected chi connectivity index (χ3v) is 4.14. The van der Waals surface area contributed by atoms with E-state index in [-0.39, 0.29) is 11.7 Å². The molecule has 3 aromatic rings. The number of carbonyl (C=O) groups excluding carboxylic acids is 1. The molecule has 2 unspecified atom stereocenters. The summed E-state index contributed by atoms with van der Waals surface area (Å²) in [6.07, 6.45) is 3.18. The zero-order valence-corrected chi connectivity index (χ0v) is 13.6. The van der Waals surface area contributed by atoms with Gasteiger partial charge in [-0.25, -0.2) is 4.68 Å². The van der Waals surface area contributed by atoms with Crippen LogP contribution >= 0.6 is 0 Å². The highest BCUT2D eigenvalue weighted by atomic mass is 16.3. The van der Waals surface area contributed by atoms with Crippen molar-refractivity contribution in [2.24, 2.45) is 5.92 Å². The first-order valence-corrected chi connectivity index (χ1v) is 7.87. The molecule has 0 bridgehead atoms. The lowest BCUT2D eigenvalue weighted by atomic mass is 9.88. The number of hydrogen-bond donors (Lipinski definition) is 3. The molecule has 0 aliphatic carbocycles. The van der Waals surface area contributed by atoms with Crippen LogP contribution in [0.1, 0.15) is 11.6 Å². The maximum Gasteiger partial charge on any atom is 0.247 e. The van der Waals surface area contributed by atoms with E-state index in [9.17, 15) is 9.90 Å². The highest BCUT2D eigenvalue weighted by Gasteiger charge is 2.40. The van der Waals surface area contributed by atoms with Crippen LogP contribution < -0.4 is 10.6 Å². The smallest absolute Gasteiger partial charge is 0.247 e. The van der Waals surface area contributed by atoms with Gasteiger partial charge < -0.3 is 15.7 Å². The molecule has 1 aliphatic heterocycles. The van der Waals surface area contributed by atoms with Crippen LogP contribution in [-0.4, -0.2) is 36.2 Å². The van der Waals surface area contributed by atoms with Crippen LogP contribution in [0.15, 0.2) is 61.1 Å². The molecule has 1 aliphatic rings. The molecule has 26 heavy (non-hydrogen) atoms. The van der Waals surface area contributed by atoms with E-state index in [0.29, 0.717) is 22.9 Å². The fraction of sp³-hybridized carbons (Fsp3) is 0.118. The number of phenolic OH excluding ortho intramolecular Hbond substituents is 1. The summed E-state index contributed by atoms with van der Waals surface area (Å²) in [5.74, 6) is -0.514. The Morgan fingerprint density at radius 2 is 2.19 bits per heavy atom. The molecule has 0 spiro atoms. The molecule has 9 nitrogen and oxygen atoms in total. The third-order valence-electron chi connectivity index (χ3n) is 4.14. The topological polar surface area (TPSA) is 118 Å². The van der Waals surface area contributed by atoms with Gasteiger partial charge in [0.25, 0.3) is 0 Å². The van der Waals surface area contributed by atoms with Gasteiger partial charge in [0.05, 0.1) is 17.9 Å². The summed E-state index contributed by atoms with van der Waals surface area (Å²) in [5, 5.41) is 27.2. The van der Waals surface area contributed by atoms with Gasteiger partial charge in [-0.3, -0.25) is 9.78 Å². The van der Waals surface area contributed by atoms with Crippen molar-refractivity contribution < 1.29 is 9.90 Å². The van der Waals surface area contributed by atoms with Crippen LogP contribution in [-0.2, 0) is 4.79 Å². The number of hydrogen-bond acceptors (Lipinski definition) is 7. The number of rotatable bonds is 3.